The number of aryl methyl sites for hydroxylation is 1. The summed E-state index contributed by atoms with van der Waals surface area (Å²) < 4.78 is 65.3. The monoisotopic (exact) mass is 644 g/mol. The maximum Gasteiger partial charge on any atom is 0.264 e. The van der Waals surface area contributed by atoms with Crippen molar-refractivity contribution in [2.45, 2.75) is 81.4 Å². The van der Waals surface area contributed by atoms with Gasteiger partial charge in [0.25, 0.3) is 10.1 Å². The molecular formula is C32H42N3O5S3+. The number of thioether (sulfide) groups is 1. The molecule has 43 heavy (non-hydrogen) atoms. The van der Waals surface area contributed by atoms with Gasteiger partial charge in [-0.1, -0.05) is 30.7 Å². The van der Waals surface area contributed by atoms with Crippen LogP contribution in [0.4, 0.5) is 0 Å². The van der Waals surface area contributed by atoms with Crippen LogP contribution in [0, 0.1) is 0 Å². The third kappa shape index (κ3) is 6.47. The molecule has 2 aliphatic heterocycles. The fraction of sp³-hybridized carbons (Fsp3) is 0.531. The molecule has 3 aliphatic rings. The lowest BCUT2D eigenvalue weighted by Crippen LogP contribution is -2.47. The number of aromatic nitrogens is 1. The molecule has 3 unspecified atom stereocenters. The van der Waals surface area contributed by atoms with E-state index in [4.69, 9.17) is 0 Å². The zero-order valence-electron chi connectivity index (χ0n) is 24.8. The highest BCUT2D eigenvalue weighted by Gasteiger charge is 2.49. The molecule has 2 fully saturated rings. The fourth-order valence-electron chi connectivity index (χ4n) is 7.21. The second kappa shape index (κ2) is 12.7. The first-order valence-electron chi connectivity index (χ1n) is 15.6. The van der Waals surface area contributed by atoms with E-state index in [1.807, 2.05) is 0 Å². The third-order valence-electron chi connectivity index (χ3n) is 9.34. The van der Waals surface area contributed by atoms with Crippen LogP contribution in [0.1, 0.15) is 63.9 Å². The molecule has 0 amide bonds. The van der Waals surface area contributed by atoms with E-state index >= 15 is 0 Å². The third-order valence-corrected chi connectivity index (χ3v) is 13.9. The van der Waals surface area contributed by atoms with Crippen molar-refractivity contribution < 1.29 is 26.0 Å². The first-order chi connectivity index (χ1) is 20.7. The number of benzene rings is 2. The summed E-state index contributed by atoms with van der Waals surface area (Å²) in [7, 11) is -7.30. The Labute approximate surface area is 259 Å². The summed E-state index contributed by atoms with van der Waals surface area (Å²) in [5.41, 5.74) is 3.55. The highest BCUT2D eigenvalue weighted by Crippen LogP contribution is 2.41. The second-order valence-electron chi connectivity index (χ2n) is 12.1. The molecule has 3 atom stereocenters. The van der Waals surface area contributed by atoms with Crippen LogP contribution in [0.3, 0.4) is 0 Å². The van der Waals surface area contributed by atoms with Crippen molar-refractivity contribution in [1.29, 1.82) is 0 Å². The standard InChI is InChI=1S/C32H41N3O5S3/c1-2-34-28-11-5-4-10-26(28)27-22-24(12-15-29(27)34)13-17-32-35(20-8-9-21-42(36,37)38)30-16-14-25(23-31(30)41-32)43(39,40)33-18-6-3-7-19-33/h4-5,10-13,15,17,22,25,30-31H,2-3,6-9,14,16,18-21,23H2,1H3/p+1. The minimum atomic E-state index is -3.99. The molecule has 3 aromatic rings. The summed E-state index contributed by atoms with van der Waals surface area (Å²) in [5, 5.41) is 3.40. The van der Waals surface area contributed by atoms with Gasteiger partial charge in [-0.2, -0.15) is 8.42 Å². The lowest BCUT2D eigenvalue weighted by molar-refractivity contribution is -0.562. The average Bonchev–Trinajstić information content (AvgIpc) is 3.52. The van der Waals surface area contributed by atoms with E-state index in [1.165, 1.54) is 21.8 Å². The van der Waals surface area contributed by atoms with Crippen molar-refractivity contribution in [3.8, 4) is 0 Å². The van der Waals surface area contributed by atoms with Crippen LogP contribution in [0.15, 0.2) is 48.5 Å². The van der Waals surface area contributed by atoms with Gasteiger partial charge in [0.2, 0.25) is 15.1 Å². The molecular weight excluding hydrogens is 603 g/mol. The summed E-state index contributed by atoms with van der Waals surface area (Å²) in [4.78, 5) is 0. The van der Waals surface area contributed by atoms with Crippen LogP contribution < -0.4 is 0 Å². The molecule has 232 valence electrons. The topological polar surface area (TPSA) is 99.7 Å². The molecule has 8 nitrogen and oxygen atoms in total. The Hall–Kier alpha value is -2.18. The maximum absolute atomic E-state index is 13.5. The Morgan fingerprint density at radius 2 is 1.72 bits per heavy atom. The normalized spacial score (nSPS) is 24.0. The summed E-state index contributed by atoms with van der Waals surface area (Å²) >= 11 is 1.77. The number of sulfonamides is 1. The lowest BCUT2D eigenvalue weighted by atomic mass is 9.93. The Morgan fingerprint density at radius 3 is 2.49 bits per heavy atom. The molecule has 1 N–H and O–H groups in total. The van der Waals surface area contributed by atoms with Gasteiger partial charge in [-0.25, -0.2) is 17.3 Å². The van der Waals surface area contributed by atoms with E-state index in [0.29, 0.717) is 45.3 Å². The Morgan fingerprint density at radius 1 is 0.953 bits per heavy atom. The molecule has 1 aliphatic carbocycles. The molecule has 1 aromatic heterocycles. The number of piperidine rings is 1. The lowest BCUT2D eigenvalue weighted by Gasteiger charge is -2.34. The van der Waals surface area contributed by atoms with Crippen LogP contribution in [-0.4, -0.2) is 81.8 Å². The molecule has 0 radical (unpaired) electrons. The minimum absolute atomic E-state index is 0.171. The number of hydrogen-bond acceptors (Lipinski definition) is 5. The van der Waals surface area contributed by atoms with Gasteiger partial charge in [-0.3, -0.25) is 4.55 Å². The van der Waals surface area contributed by atoms with Gasteiger partial charge in [-0.05, 0) is 80.6 Å². The van der Waals surface area contributed by atoms with Gasteiger partial charge in [0, 0.05) is 60.4 Å². The van der Waals surface area contributed by atoms with Crippen LogP contribution in [0.5, 0.6) is 0 Å². The zero-order chi connectivity index (χ0) is 30.2. The van der Waals surface area contributed by atoms with E-state index in [0.717, 1.165) is 42.8 Å². The van der Waals surface area contributed by atoms with Gasteiger partial charge in [0.15, 0.2) is 6.04 Å². The number of unbranched alkanes of at least 4 members (excludes halogenated alkanes) is 1. The Bertz CT molecular complexity index is 1770. The second-order valence-corrected chi connectivity index (χ2v) is 17.1. The number of hydrogen-bond donors (Lipinski definition) is 1. The summed E-state index contributed by atoms with van der Waals surface area (Å²) in [6.45, 7) is 5.02. The SMILES string of the molecule is CCn1c2ccccc2c2cc(C=CC3=[N+](CCCCS(=O)(=O)O)C4CCC(S(=O)(=O)N5CCCCC5)CC4S3)ccc21. The largest absolute Gasteiger partial charge is 0.341 e. The highest BCUT2D eigenvalue weighted by molar-refractivity contribution is 8.14. The number of nitrogens with zero attached hydrogens (tertiary/aromatic N) is 3. The van der Waals surface area contributed by atoms with Crippen LogP contribution >= 0.6 is 11.8 Å². The summed E-state index contributed by atoms with van der Waals surface area (Å²) in [6.07, 6.45) is 10.4. The molecule has 6 rings (SSSR count). The summed E-state index contributed by atoms with van der Waals surface area (Å²) in [6, 6.07) is 15.3. The number of rotatable bonds is 10. The van der Waals surface area contributed by atoms with E-state index in [-0.39, 0.29) is 22.3 Å². The van der Waals surface area contributed by atoms with Gasteiger partial charge < -0.3 is 4.57 Å². The fourth-order valence-corrected chi connectivity index (χ4v) is 11.6. The molecule has 0 bridgehead atoms. The van der Waals surface area contributed by atoms with Gasteiger partial charge in [-0.15, -0.1) is 0 Å². The Balaban J connectivity index is 1.25. The van der Waals surface area contributed by atoms with Gasteiger partial charge in [0.1, 0.15) is 6.54 Å². The molecule has 2 aromatic carbocycles. The number of para-hydroxylation sites is 1. The molecule has 1 saturated carbocycles. The van der Waals surface area contributed by atoms with Crippen molar-refractivity contribution in [2.75, 3.05) is 25.4 Å². The molecule has 3 heterocycles. The van der Waals surface area contributed by atoms with Crippen molar-refractivity contribution in [3.63, 3.8) is 0 Å². The maximum atomic E-state index is 13.5. The van der Waals surface area contributed by atoms with E-state index < -0.39 is 20.1 Å². The van der Waals surface area contributed by atoms with E-state index in [1.54, 1.807) is 16.1 Å². The molecule has 0 spiro atoms. The highest BCUT2D eigenvalue weighted by atomic mass is 32.2. The van der Waals surface area contributed by atoms with E-state index in [2.05, 4.69) is 70.7 Å². The number of fused-ring (bicyclic) bond motifs is 4. The first kappa shape index (κ1) is 30.8. The predicted molar refractivity (Wildman–Crippen MR) is 177 cm³/mol. The molecule has 1 saturated heterocycles. The summed E-state index contributed by atoms with van der Waals surface area (Å²) in [5.74, 6) is -0.241. The van der Waals surface area contributed by atoms with Crippen molar-refractivity contribution in [2.24, 2.45) is 0 Å². The smallest absolute Gasteiger partial charge is 0.264 e. The van der Waals surface area contributed by atoms with Crippen LogP contribution in [-0.2, 0) is 26.7 Å². The predicted octanol–water partition coefficient (Wildman–Crippen LogP) is 5.76. The molecule has 11 heteroatoms. The van der Waals surface area contributed by atoms with Crippen LogP contribution in [0.25, 0.3) is 27.9 Å². The quantitative estimate of drug-likeness (QED) is 0.171. The minimum Gasteiger partial charge on any atom is -0.341 e. The average molecular weight is 645 g/mol. The van der Waals surface area contributed by atoms with Crippen molar-refractivity contribution >= 4 is 64.8 Å². The van der Waals surface area contributed by atoms with Gasteiger partial charge in [0.05, 0.1) is 16.3 Å². The van der Waals surface area contributed by atoms with Crippen molar-refractivity contribution in [1.82, 2.24) is 8.87 Å². The van der Waals surface area contributed by atoms with E-state index in [9.17, 15) is 21.4 Å². The van der Waals surface area contributed by atoms with Gasteiger partial charge >= 0.3 is 0 Å². The van der Waals surface area contributed by atoms with Crippen LogP contribution in [0.2, 0.25) is 0 Å². The zero-order valence-corrected chi connectivity index (χ0v) is 27.2. The first-order valence-corrected chi connectivity index (χ1v) is 19.6. The van der Waals surface area contributed by atoms with Crippen molar-refractivity contribution in [3.05, 3.63) is 54.1 Å². The Kier molecular flexibility index (Phi) is 9.08.